The molecule has 1 aromatic carbocycles. The van der Waals surface area contributed by atoms with Gasteiger partial charge in [-0.1, -0.05) is 19.1 Å². The third-order valence-corrected chi connectivity index (χ3v) is 6.99. The number of H-pyrrole nitrogens is 1. The van der Waals surface area contributed by atoms with E-state index < -0.39 is 9.84 Å². The lowest BCUT2D eigenvalue weighted by Crippen LogP contribution is -2.05. The lowest BCUT2D eigenvalue weighted by Gasteiger charge is -2.09. The number of rotatable bonds is 6. The number of nitrogens with two attached hydrogens (primary N) is 1. The van der Waals surface area contributed by atoms with Crippen LogP contribution in [0.15, 0.2) is 59.8 Å². The first-order valence-corrected chi connectivity index (χ1v) is 12.1. The highest BCUT2D eigenvalue weighted by atomic mass is 32.2. The zero-order valence-electron chi connectivity index (χ0n) is 18.4. The van der Waals surface area contributed by atoms with Crippen LogP contribution in [0.2, 0.25) is 0 Å². The number of nitrogens with one attached hydrogen (secondary N) is 2. The molecular weight excluding hydrogens is 454 g/mol. The van der Waals surface area contributed by atoms with Crippen LogP contribution in [-0.4, -0.2) is 48.7 Å². The van der Waals surface area contributed by atoms with Gasteiger partial charge in [0.2, 0.25) is 5.95 Å². The molecule has 0 spiro atoms. The van der Waals surface area contributed by atoms with E-state index in [9.17, 15) is 8.42 Å². The van der Waals surface area contributed by atoms with Crippen LogP contribution < -0.4 is 11.1 Å². The van der Waals surface area contributed by atoms with Crippen molar-refractivity contribution in [1.82, 2.24) is 34.5 Å². The number of pyridine rings is 1. The molecule has 12 heteroatoms. The number of hydrogen-bond acceptors (Lipinski definition) is 9. The summed E-state index contributed by atoms with van der Waals surface area (Å²) in [6, 6.07) is 12.4. The number of anilines is 3. The fraction of sp³-hybridized carbons (Fsp3) is 0.136. The molecule has 4 N–H and O–H groups in total. The molecule has 0 unspecified atom stereocenters. The lowest BCUT2D eigenvalue weighted by molar-refractivity contribution is 0.597. The lowest BCUT2D eigenvalue weighted by atomic mass is 10.1. The number of benzene rings is 1. The molecule has 0 aliphatic carbocycles. The first-order chi connectivity index (χ1) is 16.3. The minimum absolute atomic E-state index is 0.0317. The summed E-state index contributed by atoms with van der Waals surface area (Å²) in [5.41, 5.74) is 8.66. The molecule has 0 saturated carbocycles. The zero-order valence-corrected chi connectivity index (χ0v) is 19.2. The highest BCUT2D eigenvalue weighted by Gasteiger charge is 2.20. The Balaban J connectivity index is 1.71. The van der Waals surface area contributed by atoms with Crippen molar-refractivity contribution in [3.8, 4) is 22.6 Å². The molecule has 0 aliphatic heterocycles. The topological polar surface area (TPSA) is 157 Å². The molecule has 4 aromatic heterocycles. The van der Waals surface area contributed by atoms with Crippen LogP contribution in [0.25, 0.3) is 28.3 Å². The number of hydrogen-bond donors (Lipinski definition) is 3. The van der Waals surface area contributed by atoms with E-state index in [2.05, 4.69) is 30.5 Å². The Morgan fingerprint density at radius 1 is 1.06 bits per heavy atom. The second-order valence-corrected chi connectivity index (χ2v) is 9.82. The van der Waals surface area contributed by atoms with E-state index in [0.29, 0.717) is 34.6 Å². The maximum absolute atomic E-state index is 12.4. The van der Waals surface area contributed by atoms with Gasteiger partial charge >= 0.3 is 0 Å². The molecule has 11 nitrogen and oxygen atoms in total. The molecule has 5 rings (SSSR count). The Bertz CT molecular complexity index is 1590. The third-order valence-electron chi connectivity index (χ3n) is 5.26. The molecule has 172 valence electrons. The quantitative estimate of drug-likeness (QED) is 0.336. The number of aromatic nitrogens is 7. The second kappa shape index (κ2) is 8.23. The Morgan fingerprint density at radius 3 is 2.65 bits per heavy atom. The number of fused-ring (bicyclic) bond motifs is 1. The SMILES string of the molecule is CCS(=O)(=O)c1cccc(-c2ccc3nc(Nc4ccn[nH]4)c(-c4nc(C)nc(N)n4)n3c2)c1. The summed E-state index contributed by atoms with van der Waals surface area (Å²) in [4.78, 5) is 17.8. The number of imidazole rings is 1. The van der Waals surface area contributed by atoms with E-state index in [-0.39, 0.29) is 16.6 Å². The molecule has 4 heterocycles. The summed E-state index contributed by atoms with van der Waals surface area (Å²) in [5, 5.41) is 10.0. The summed E-state index contributed by atoms with van der Waals surface area (Å²) >= 11 is 0. The van der Waals surface area contributed by atoms with Crippen molar-refractivity contribution in [1.29, 1.82) is 0 Å². The molecule has 0 saturated heterocycles. The van der Waals surface area contributed by atoms with E-state index >= 15 is 0 Å². The van der Waals surface area contributed by atoms with Gasteiger partial charge in [-0.05, 0) is 42.3 Å². The minimum Gasteiger partial charge on any atom is -0.368 e. The predicted molar refractivity (Wildman–Crippen MR) is 128 cm³/mol. The van der Waals surface area contributed by atoms with Crippen LogP contribution in [0.5, 0.6) is 0 Å². The number of nitrogen functional groups attached to an aromatic ring is 1. The van der Waals surface area contributed by atoms with Crippen LogP contribution in [-0.2, 0) is 9.84 Å². The van der Waals surface area contributed by atoms with Crippen LogP contribution in [0.4, 0.5) is 17.6 Å². The van der Waals surface area contributed by atoms with Crippen molar-refractivity contribution in [2.45, 2.75) is 18.7 Å². The molecule has 0 atom stereocenters. The van der Waals surface area contributed by atoms with Crippen molar-refractivity contribution in [2.75, 3.05) is 16.8 Å². The smallest absolute Gasteiger partial charge is 0.223 e. The highest BCUT2D eigenvalue weighted by Crippen LogP contribution is 2.31. The van der Waals surface area contributed by atoms with E-state index in [1.54, 1.807) is 44.3 Å². The molecule has 0 bridgehead atoms. The number of nitrogens with zero attached hydrogens (tertiary/aromatic N) is 6. The van der Waals surface area contributed by atoms with E-state index in [1.807, 2.05) is 28.8 Å². The first-order valence-electron chi connectivity index (χ1n) is 10.4. The summed E-state index contributed by atoms with van der Waals surface area (Å²) in [7, 11) is -3.34. The monoisotopic (exact) mass is 475 g/mol. The van der Waals surface area contributed by atoms with Gasteiger partial charge in [-0.25, -0.2) is 18.4 Å². The molecule has 0 radical (unpaired) electrons. The summed E-state index contributed by atoms with van der Waals surface area (Å²) in [6.07, 6.45) is 3.49. The number of aromatic amines is 1. The molecular formula is C22H21N9O2S. The molecule has 5 aromatic rings. The fourth-order valence-corrected chi connectivity index (χ4v) is 4.54. The molecule has 0 aliphatic rings. The van der Waals surface area contributed by atoms with Crippen molar-refractivity contribution in [3.63, 3.8) is 0 Å². The van der Waals surface area contributed by atoms with Gasteiger partial charge in [-0.3, -0.25) is 9.50 Å². The van der Waals surface area contributed by atoms with Crippen LogP contribution in [0, 0.1) is 6.92 Å². The van der Waals surface area contributed by atoms with Crippen molar-refractivity contribution in [3.05, 3.63) is 60.7 Å². The van der Waals surface area contributed by atoms with Crippen molar-refractivity contribution >= 4 is 33.1 Å². The molecule has 0 fully saturated rings. The maximum atomic E-state index is 12.4. The zero-order chi connectivity index (χ0) is 23.9. The Morgan fingerprint density at radius 2 is 1.91 bits per heavy atom. The minimum atomic E-state index is -3.34. The summed E-state index contributed by atoms with van der Waals surface area (Å²) < 4.78 is 26.6. The fourth-order valence-electron chi connectivity index (χ4n) is 3.61. The van der Waals surface area contributed by atoms with Crippen molar-refractivity contribution < 1.29 is 8.42 Å². The van der Waals surface area contributed by atoms with Crippen LogP contribution in [0.1, 0.15) is 12.7 Å². The van der Waals surface area contributed by atoms with E-state index in [4.69, 9.17) is 10.7 Å². The van der Waals surface area contributed by atoms with Gasteiger partial charge in [0, 0.05) is 12.3 Å². The average Bonchev–Trinajstić information content (AvgIpc) is 3.45. The average molecular weight is 476 g/mol. The largest absolute Gasteiger partial charge is 0.368 e. The predicted octanol–water partition coefficient (Wildman–Crippen LogP) is 3.00. The van der Waals surface area contributed by atoms with Gasteiger partial charge in [-0.15, -0.1) is 0 Å². The van der Waals surface area contributed by atoms with E-state index in [0.717, 1.165) is 11.1 Å². The first kappa shape index (κ1) is 21.5. The standard InChI is InChI=1S/C22H21N9O2S/c1-3-34(32,33)16-6-4-5-14(11-16)15-7-8-18-28-21(27-17-9-10-24-30-17)19(31(18)12-15)20-25-13(2)26-22(23)29-20/h4-12H,3H2,1-2H3,(H2,24,27,30)(H2,23,25,26,29). The highest BCUT2D eigenvalue weighted by molar-refractivity contribution is 7.91. The van der Waals surface area contributed by atoms with Gasteiger partial charge < -0.3 is 11.1 Å². The molecule has 0 amide bonds. The van der Waals surface area contributed by atoms with Gasteiger partial charge in [0.15, 0.2) is 21.5 Å². The maximum Gasteiger partial charge on any atom is 0.223 e. The van der Waals surface area contributed by atoms with Crippen LogP contribution >= 0.6 is 0 Å². The van der Waals surface area contributed by atoms with Crippen LogP contribution in [0.3, 0.4) is 0 Å². The number of sulfone groups is 1. The molecule has 34 heavy (non-hydrogen) atoms. The Labute approximate surface area is 195 Å². The Kier molecular flexibility index (Phi) is 5.21. The number of aryl methyl sites for hydroxylation is 1. The summed E-state index contributed by atoms with van der Waals surface area (Å²) in [6.45, 7) is 3.36. The van der Waals surface area contributed by atoms with Gasteiger partial charge in [0.05, 0.1) is 16.8 Å². The van der Waals surface area contributed by atoms with Gasteiger partial charge in [0.1, 0.15) is 23.0 Å². The van der Waals surface area contributed by atoms with Gasteiger partial charge in [0.25, 0.3) is 0 Å². The second-order valence-electron chi connectivity index (χ2n) is 7.55. The third kappa shape index (κ3) is 3.94. The normalized spacial score (nSPS) is 11.7. The summed E-state index contributed by atoms with van der Waals surface area (Å²) in [5.74, 6) is 2.08. The van der Waals surface area contributed by atoms with E-state index in [1.165, 1.54) is 0 Å². The Hall–Kier alpha value is -4.32. The van der Waals surface area contributed by atoms with Crippen molar-refractivity contribution in [2.24, 2.45) is 0 Å². The van der Waals surface area contributed by atoms with Gasteiger partial charge in [-0.2, -0.15) is 15.1 Å².